The summed E-state index contributed by atoms with van der Waals surface area (Å²) in [6, 6.07) is 4.23. The highest BCUT2D eigenvalue weighted by Crippen LogP contribution is 2.36. The van der Waals surface area contributed by atoms with E-state index in [1.807, 2.05) is 0 Å². The fourth-order valence-corrected chi connectivity index (χ4v) is 3.79. The minimum Gasteiger partial charge on any atom is -0.492 e. The van der Waals surface area contributed by atoms with Crippen molar-refractivity contribution in [3.8, 4) is 17.0 Å². The molecule has 0 bridgehead atoms. The van der Waals surface area contributed by atoms with Gasteiger partial charge in [-0.25, -0.2) is 14.4 Å². The van der Waals surface area contributed by atoms with Crippen LogP contribution < -0.4 is 10.5 Å². The number of carbonyl (C=O) groups is 1. The molecule has 3 rings (SSSR count). The number of hydrogen-bond acceptors (Lipinski definition) is 7. The van der Waals surface area contributed by atoms with Gasteiger partial charge in [0.05, 0.1) is 40.0 Å². The molecule has 3 aromatic rings. The van der Waals surface area contributed by atoms with E-state index < -0.39 is 11.6 Å². The summed E-state index contributed by atoms with van der Waals surface area (Å²) in [4.78, 5) is 21.4. The molecule has 6 nitrogen and oxygen atoms in total. The van der Waals surface area contributed by atoms with Gasteiger partial charge in [-0.15, -0.1) is 11.3 Å². The monoisotopic (exact) mass is 475 g/mol. The molecule has 0 fully saturated rings. The number of ketones is 1. The average molecular weight is 477 g/mol. The van der Waals surface area contributed by atoms with Gasteiger partial charge in [-0.3, -0.25) is 4.79 Å². The highest BCUT2D eigenvalue weighted by Gasteiger charge is 2.21. The number of nitrogens with two attached hydrogens (primary N) is 1. The number of nitrogens with zero attached hydrogens (tertiary/aromatic N) is 2. The number of benzene rings is 1. The number of thiazole rings is 1. The number of Topliss-reactive ketones (excluding diaryl/α,β-unsaturated/α-hetero) is 1. The number of carbonyl (C=O) groups excluding carboxylic acids is 1. The first kappa shape index (κ1) is 21.7. The van der Waals surface area contributed by atoms with Crippen molar-refractivity contribution in [2.24, 2.45) is 0 Å². The first-order valence-electron chi connectivity index (χ1n) is 8.01. The van der Waals surface area contributed by atoms with E-state index in [0.29, 0.717) is 4.47 Å². The number of aromatic nitrogens is 2. The molecule has 2 heterocycles. The second-order valence-electron chi connectivity index (χ2n) is 5.70. The lowest BCUT2D eigenvalue weighted by Crippen LogP contribution is -2.13. The molecule has 0 amide bonds. The maximum atomic E-state index is 14.7. The number of pyridine rings is 1. The minimum atomic E-state index is -0.731. The smallest absolute Gasteiger partial charge is 0.208 e. The summed E-state index contributed by atoms with van der Waals surface area (Å²) in [6.07, 6.45) is 1.55. The van der Waals surface area contributed by atoms with E-state index in [1.165, 1.54) is 36.6 Å². The van der Waals surface area contributed by atoms with E-state index in [-0.39, 0.29) is 51.6 Å². The maximum Gasteiger partial charge on any atom is 0.208 e. The van der Waals surface area contributed by atoms with Gasteiger partial charge >= 0.3 is 0 Å². The Morgan fingerprint density at radius 1 is 1.31 bits per heavy atom. The van der Waals surface area contributed by atoms with E-state index >= 15 is 0 Å². The van der Waals surface area contributed by atoms with Gasteiger partial charge in [-0.1, -0.05) is 34.8 Å². The van der Waals surface area contributed by atoms with Crippen LogP contribution in [0.3, 0.4) is 0 Å². The zero-order chi connectivity index (χ0) is 21.1. The van der Waals surface area contributed by atoms with Crippen molar-refractivity contribution >= 4 is 57.6 Å². The van der Waals surface area contributed by atoms with Gasteiger partial charge in [0, 0.05) is 11.8 Å². The van der Waals surface area contributed by atoms with Crippen LogP contribution in [-0.4, -0.2) is 29.5 Å². The molecule has 0 saturated heterocycles. The minimum absolute atomic E-state index is 0.0375. The molecule has 29 heavy (non-hydrogen) atoms. The lowest BCUT2D eigenvalue weighted by Gasteiger charge is -2.12. The molecule has 0 aliphatic carbocycles. The fraction of sp³-hybridized carbons (Fsp3) is 0.167. The van der Waals surface area contributed by atoms with Crippen LogP contribution in [0.4, 0.5) is 10.1 Å². The molecule has 0 unspecified atom stereocenters. The van der Waals surface area contributed by atoms with Crippen LogP contribution in [-0.2, 0) is 11.3 Å². The summed E-state index contributed by atoms with van der Waals surface area (Å²) >= 11 is 19.1. The molecule has 11 heteroatoms. The Hall–Kier alpha value is -1.97. The van der Waals surface area contributed by atoms with Gasteiger partial charge in [0.25, 0.3) is 0 Å². The maximum absolute atomic E-state index is 14.7. The average Bonchev–Trinajstić information content (AvgIpc) is 3.09. The van der Waals surface area contributed by atoms with Crippen molar-refractivity contribution in [2.75, 3.05) is 19.5 Å². The number of ether oxygens (including phenoxy) is 2. The molecular formula is C18H13Cl3FN3O3S. The molecule has 0 saturated carbocycles. The Bertz CT molecular complexity index is 1080. The zero-order valence-electron chi connectivity index (χ0n) is 14.8. The number of rotatable bonds is 7. The quantitative estimate of drug-likeness (QED) is 0.466. The lowest BCUT2D eigenvalue weighted by molar-refractivity contribution is 0.0726. The fourth-order valence-electron chi connectivity index (χ4n) is 2.45. The largest absolute Gasteiger partial charge is 0.492 e. The van der Waals surface area contributed by atoms with Crippen LogP contribution in [0.2, 0.25) is 14.5 Å². The third-order valence-electron chi connectivity index (χ3n) is 3.78. The van der Waals surface area contributed by atoms with Crippen LogP contribution in [0.5, 0.6) is 5.75 Å². The Kier molecular flexibility index (Phi) is 6.92. The highest BCUT2D eigenvalue weighted by molar-refractivity contribution is 7.15. The van der Waals surface area contributed by atoms with E-state index in [0.717, 1.165) is 4.88 Å². The molecule has 2 N–H and O–H groups in total. The molecule has 0 atom stereocenters. The number of hydrogen-bond donors (Lipinski definition) is 1. The second kappa shape index (κ2) is 9.23. The molecule has 0 aliphatic heterocycles. The summed E-state index contributed by atoms with van der Waals surface area (Å²) < 4.78 is 25.5. The molecule has 1 aromatic carbocycles. The van der Waals surface area contributed by atoms with Gasteiger partial charge in [0.15, 0.2) is 16.0 Å². The summed E-state index contributed by atoms with van der Waals surface area (Å²) in [5, 5.41) is 0.0630. The van der Waals surface area contributed by atoms with E-state index in [4.69, 9.17) is 50.0 Å². The number of anilines is 1. The van der Waals surface area contributed by atoms with Crippen LogP contribution >= 0.6 is 46.1 Å². The summed E-state index contributed by atoms with van der Waals surface area (Å²) in [6.45, 7) is -0.163. The summed E-state index contributed by atoms with van der Waals surface area (Å²) in [7, 11) is 1.29. The van der Waals surface area contributed by atoms with Crippen molar-refractivity contribution in [1.82, 2.24) is 9.97 Å². The summed E-state index contributed by atoms with van der Waals surface area (Å²) in [5.41, 5.74) is 6.02. The first-order valence-corrected chi connectivity index (χ1v) is 9.96. The van der Waals surface area contributed by atoms with Crippen molar-refractivity contribution in [2.45, 2.75) is 6.61 Å². The van der Waals surface area contributed by atoms with Gasteiger partial charge in [-0.2, -0.15) is 0 Å². The SMILES string of the molecule is COc1c(Cl)ccc(-c2cc(N)c(Cl)c(C(=O)COCc3cnc(Cl)s3)n2)c1F. The predicted octanol–water partition coefficient (Wildman–Crippen LogP) is 5.29. The van der Waals surface area contributed by atoms with Crippen LogP contribution in [0.25, 0.3) is 11.3 Å². The molecule has 0 radical (unpaired) electrons. The predicted molar refractivity (Wildman–Crippen MR) is 112 cm³/mol. The molecular weight excluding hydrogens is 464 g/mol. The lowest BCUT2D eigenvalue weighted by atomic mass is 10.1. The van der Waals surface area contributed by atoms with Crippen LogP contribution in [0.15, 0.2) is 24.4 Å². The van der Waals surface area contributed by atoms with Crippen molar-refractivity contribution in [3.05, 3.63) is 55.3 Å². The Labute approximate surface area is 184 Å². The normalized spacial score (nSPS) is 10.9. The third-order valence-corrected chi connectivity index (χ3v) is 5.57. The molecule has 0 aliphatic rings. The standard InChI is InChI=1S/C18H13Cl3FN3O3S/c1-27-17-10(19)3-2-9(15(17)22)12-4-11(23)14(20)16(25-12)13(26)7-28-6-8-5-24-18(21)29-8/h2-5H,6-7H2,1H3,(H2,23,25). The number of halogens is 4. The van der Waals surface area contributed by atoms with Crippen LogP contribution in [0, 0.1) is 5.82 Å². The molecule has 0 spiro atoms. The Morgan fingerprint density at radius 3 is 2.72 bits per heavy atom. The van der Waals surface area contributed by atoms with E-state index in [1.54, 1.807) is 6.20 Å². The zero-order valence-corrected chi connectivity index (χ0v) is 17.9. The third kappa shape index (κ3) is 4.79. The molecule has 2 aromatic heterocycles. The van der Waals surface area contributed by atoms with Gasteiger partial charge < -0.3 is 15.2 Å². The number of nitrogen functional groups attached to an aromatic ring is 1. The molecule has 152 valence electrons. The second-order valence-corrected chi connectivity index (χ2v) is 8.18. The van der Waals surface area contributed by atoms with Crippen molar-refractivity contribution < 1.29 is 18.7 Å². The highest BCUT2D eigenvalue weighted by atomic mass is 35.5. The number of methoxy groups -OCH3 is 1. The van der Waals surface area contributed by atoms with Gasteiger partial charge in [0.1, 0.15) is 12.3 Å². The van der Waals surface area contributed by atoms with Crippen molar-refractivity contribution in [3.63, 3.8) is 0 Å². The Morgan fingerprint density at radius 2 is 2.07 bits per heavy atom. The Balaban J connectivity index is 1.87. The van der Waals surface area contributed by atoms with Gasteiger partial charge in [0.2, 0.25) is 5.78 Å². The van der Waals surface area contributed by atoms with Crippen molar-refractivity contribution in [1.29, 1.82) is 0 Å². The van der Waals surface area contributed by atoms with Crippen LogP contribution in [0.1, 0.15) is 15.4 Å². The topological polar surface area (TPSA) is 87.3 Å². The first-order chi connectivity index (χ1) is 13.8. The van der Waals surface area contributed by atoms with Gasteiger partial charge in [-0.05, 0) is 18.2 Å². The summed E-state index contributed by atoms with van der Waals surface area (Å²) in [5.74, 6) is -1.38. The van der Waals surface area contributed by atoms with E-state index in [9.17, 15) is 9.18 Å². The van der Waals surface area contributed by atoms with E-state index in [2.05, 4.69) is 9.97 Å².